The van der Waals surface area contributed by atoms with E-state index in [1.165, 1.54) is 12.1 Å². The maximum atomic E-state index is 13.3. The number of methoxy groups -OCH3 is 1. The number of nitrogens with zero attached hydrogens (tertiary/aromatic N) is 2. The summed E-state index contributed by atoms with van der Waals surface area (Å²) in [6, 6.07) is 13.9. The molecule has 0 radical (unpaired) electrons. The van der Waals surface area contributed by atoms with Gasteiger partial charge in [0.15, 0.2) is 0 Å². The number of hydrogen-bond acceptors (Lipinski definition) is 3. The highest BCUT2D eigenvalue weighted by molar-refractivity contribution is 6.00. The van der Waals surface area contributed by atoms with Crippen LogP contribution in [0.5, 0.6) is 5.75 Å². The Morgan fingerprint density at radius 1 is 1.03 bits per heavy atom. The molecule has 2 aromatic rings. The lowest BCUT2D eigenvalue weighted by Gasteiger charge is -2.27. The first kappa shape index (κ1) is 20.4. The van der Waals surface area contributed by atoms with Gasteiger partial charge in [-0.1, -0.05) is 18.6 Å². The molecular weight excluding hydrogens is 383 g/mol. The van der Waals surface area contributed by atoms with E-state index in [0.29, 0.717) is 19.6 Å². The fourth-order valence-corrected chi connectivity index (χ4v) is 4.49. The van der Waals surface area contributed by atoms with E-state index in [1.54, 1.807) is 12.0 Å². The summed E-state index contributed by atoms with van der Waals surface area (Å²) in [7, 11) is 1.60. The number of halogens is 1. The molecule has 30 heavy (non-hydrogen) atoms. The van der Waals surface area contributed by atoms with Crippen molar-refractivity contribution in [2.75, 3.05) is 31.6 Å². The maximum absolute atomic E-state index is 13.3. The second-order valence-electron chi connectivity index (χ2n) is 8.13. The highest BCUT2D eigenvalue weighted by Gasteiger charge is 2.38. The van der Waals surface area contributed by atoms with Gasteiger partial charge >= 0.3 is 0 Å². The van der Waals surface area contributed by atoms with Crippen LogP contribution in [-0.2, 0) is 9.59 Å². The third-order valence-electron chi connectivity index (χ3n) is 6.18. The van der Waals surface area contributed by atoms with Crippen LogP contribution in [0.15, 0.2) is 48.5 Å². The van der Waals surface area contributed by atoms with Crippen molar-refractivity contribution < 1.29 is 18.7 Å². The highest BCUT2D eigenvalue weighted by atomic mass is 19.1. The predicted molar refractivity (Wildman–Crippen MR) is 113 cm³/mol. The molecule has 0 saturated carbocycles. The number of carbonyl (C=O) groups is 2. The van der Waals surface area contributed by atoms with Gasteiger partial charge < -0.3 is 14.5 Å². The fourth-order valence-electron chi connectivity index (χ4n) is 4.49. The number of amides is 2. The van der Waals surface area contributed by atoms with Crippen molar-refractivity contribution in [2.45, 2.75) is 31.6 Å². The van der Waals surface area contributed by atoms with Crippen molar-refractivity contribution in [2.24, 2.45) is 5.92 Å². The van der Waals surface area contributed by atoms with Crippen LogP contribution in [0.1, 0.15) is 37.2 Å². The topological polar surface area (TPSA) is 49.9 Å². The summed E-state index contributed by atoms with van der Waals surface area (Å²) in [6.45, 7) is 1.74. The highest BCUT2D eigenvalue weighted by Crippen LogP contribution is 2.31. The molecule has 2 aliphatic rings. The first-order chi connectivity index (χ1) is 14.5. The van der Waals surface area contributed by atoms with Crippen molar-refractivity contribution in [3.8, 4) is 5.75 Å². The van der Waals surface area contributed by atoms with Gasteiger partial charge in [0.1, 0.15) is 11.6 Å². The van der Waals surface area contributed by atoms with E-state index in [2.05, 4.69) is 0 Å². The minimum atomic E-state index is -0.327. The monoisotopic (exact) mass is 410 g/mol. The molecule has 2 heterocycles. The molecule has 158 valence electrons. The average Bonchev–Trinajstić information content (AvgIpc) is 2.99. The number of carbonyl (C=O) groups excluding carboxylic acids is 2. The van der Waals surface area contributed by atoms with Gasteiger partial charge in [-0.05, 0) is 54.8 Å². The van der Waals surface area contributed by atoms with Crippen LogP contribution in [-0.4, -0.2) is 43.5 Å². The summed E-state index contributed by atoms with van der Waals surface area (Å²) in [5.41, 5.74) is 1.86. The first-order valence-electron chi connectivity index (χ1n) is 10.5. The Balaban J connectivity index is 1.45. The van der Waals surface area contributed by atoms with Crippen LogP contribution in [0.2, 0.25) is 0 Å². The Hall–Kier alpha value is -2.89. The second kappa shape index (κ2) is 8.86. The quantitative estimate of drug-likeness (QED) is 0.766. The van der Waals surface area contributed by atoms with Gasteiger partial charge in [-0.15, -0.1) is 0 Å². The van der Waals surface area contributed by atoms with Crippen LogP contribution < -0.4 is 9.64 Å². The lowest BCUT2D eigenvalue weighted by molar-refractivity contribution is -0.135. The molecule has 2 amide bonds. The Morgan fingerprint density at radius 2 is 1.77 bits per heavy atom. The van der Waals surface area contributed by atoms with Crippen molar-refractivity contribution in [1.82, 2.24) is 4.90 Å². The van der Waals surface area contributed by atoms with E-state index in [9.17, 15) is 14.0 Å². The van der Waals surface area contributed by atoms with Crippen molar-refractivity contribution >= 4 is 17.5 Å². The number of benzene rings is 2. The Bertz CT molecular complexity index is 898. The zero-order chi connectivity index (χ0) is 21.1. The van der Waals surface area contributed by atoms with Crippen molar-refractivity contribution in [3.63, 3.8) is 0 Å². The third kappa shape index (κ3) is 4.32. The summed E-state index contributed by atoms with van der Waals surface area (Å²) in [4.78, 5) is 29.5. The Labute approximate surface area is 176 Å². The predicted octanol–water partition coefficient (Wildman–Crippen LogP) is 3.98. The van der Waals surface area contributed by atoms with Gasteiger partial charge in [0.05, 0.1) is 13.0 Å². The van der Waals surface area contributed by atoms with E-state index < -0.39 is 0 Å². The molecule has 2 aromatic carbocycles. The van der Waals surface area contributed by atoms with Crippen LogP contribution in [0.25, 0.3) is 0 Å². The molecule has 4 rings (SSSR count). The molecule has 0 spiro atoms. The summed E-state index contributed by atoms with van der Waals surface area (Å²) in [5, 5.41) is 0. The molecule has 2 atom stereocenters. The Morgan fingerprint density at radius 3 is 2.47 bits per heavy atom. The van der Waals surface area contributed by atoms with Gasteiger partial charge in [-0.25, -0.2) is 4.39 Å². The largest absolute Gasteiger partial charge is 0.497 e. The van der Waals surface area contributed by atoms with Crippen LogP contribution in [0.4, 0.5) is 10.1 Å². The van der Waals surface area contributed by atoms with Gasteiger partial charge in [-0.2, -0.15) is 0 Å². The number of anilines is 1. The molecule has 2 aliphatic heterocycles. The van der Waals surface area contributed by atoms with Gasteiger partial charge in [0.2, 0.25) is 11.8 Å². The minimum absolute atomic E-state index is 0.0246. The summed E-state index contributed by atoms with van der Waals surface area (Å²) >= 11 is 0. The van der Waals surface area contributed by atoms with E-state index in [-0.39, 0.29) is 35.9 Å². The van der Waals surface area contributed by atoms with Crippen LogP contribution >= 0.6 is 0 Å². The first-order valence-corrected chi connectivity index (χ1v) is 10.5. The van der Waals surface area contributed by atoms with Crippen LogP contribution in [0, 0.1) is 11.7 Å². The lowest BCUT2D eigenvalue weighted by Crippen LogP contribution is -2.39. The average molecular weight is 410 g/mol. The van der Waals surface area contributed by atoms with Crippen molar-refractivity contribution in [1.29, 1.82) is 0 Å². The molecule has 5 nitrogen and oxygen atoms in total. The fraction of sp³-hybridized carbons (Fsp3) is 0.417. The number of likely N-dealkylation sites (tertiary alicyclic amines) is 1. The minimum Gasteiger partial charge on any atom is -0.497 e. The molecule has 0 aliphatic carbocycles. The normalized spacial score (nSPS) is 22.1. The van der Waals surface area contributed by atoms with Crippen LogP contribution in [0.3, 0.4) is 0 Å². The summed E-state index contributed by atoms with van der Waals surface area (Å²) in [6.07, 6.45) is 3.21. The van der Waals surface area contributed by atoms with Gasteiger partial charge in [0.25, 0.3) is 0 Å². The molecule has 0 N–H and O–H groups in total. The molecule has 0 unspecified atom stereocenters. The smallest absolute Gasteiger partial charge is 0.228 e. The maximum Gasteiger partial charge on any atom is 0.228 e. The number of ether oxygens (including phenoxy) is 1. The molecule has 2 fully saturated rings. The molecule has 0 bridgehead atoms. The second-order valence-corrected chi connectivity index (χ2v) is 8.13. The summed E-state index contributed by atoms with van der Waals surface area (Å²) in [5.74, 6) is 0.382. The molecular formula is C24H27FN2O3. The van der Waals surface area contributed by atoms with E-state index >= 15 is 0 Å². The zero-order valence-electron chi connectivity index (χ0n) is 17.2. The molecule has 2 saturated heterocycles. The zero-order valence-corrected chi connectivity index (χ0v) is 17.2. The summed E-state index contributed by atoms with van der Waals surface area (Å²) < 4.78 is 18.5. The SMILES string of the molecule is COc1ccc(N2C[C@H](C(=O)N3CCCC[C@H](c4ccc(F)cc4)C3)CC2=O)cc1. The van der Waals surface area contributed by atoms with E-state index in [0.717, 1.165) is 36.3 Å². The van der Waals surface area contributed by atoms with Crippen molar-refractivity contribution in [3.05, 3.63) is 59.9 Å². The standard InChI is InChI=1S/C24H27FN2O3/c1-30-22-11-9-21(10-12-22)27-16-19(14-23(27)28)24(29)26-13-3-2-4-18(15-26)17-5-7-20(25)8-6-17/h5-12,18-19H,2-4,13-16H2,1H3/t18-,19+/m0/s1. The number of hydrogen-bond donors (Lipinski definition) is 0. The third-order valence-corrected chi connectivity index (χ3v) is 6.18. The molecule has 6 heteroatoms. The van der Waals surface area contributed by atoms with E-state index in [1.807, 2.05) is 41.3 Å². The van der Waals surface area contributed by atoms with Gasteiger partial charge in [-0.3, -0.25) is 9.59 Å². The lowest BCUT2D eigenvalue weighted by atomic mass is 9.94. The Kier molecular flexibility index (Phi) is 6.02. The molecule has 0 aromatic heterocycles. The van der Waals surface area contributed by atoms with E-state index in [4.69, 9.17) is 4.74 Å². The number of rotatable bonds is 4. The van der Waals surface area contributed by atoms with Gasteiger partial charge in [0, 0.05) is 37.7 Å².